The van der Waals surface area contributed by atoms with Crippen molar-refractivity contribution in [3.05, 3.63) is 59.1 Å². The molecule has 2 fully saturated rings. The van der Waals surface area contributed by atoms with Crippen molar-refractivity contribution >= 4 is 39.8 Å². The summed E-state index contributed by atoms with van der Waals surface area (Å²) >= 11 is 1.12. The summed E-state index contributed by atoms with van der Waals surface area (Å²) in [6, 6.07) is 3.17. The molecule has 0 radical (unpaired) electrons. The molecule has 1 aromatic carbocycles. The fourth-order valence-corrected chi connectivity index (χ4v) is 7.35. The van der Waals surface area contributed by atoms with Crippen LogP contribution in [0.25, 0.3) is 0 Å². The van der Waals surface area contributed by atoms with Crippen LogP contribution >= 0.6 is 11.8 Å². The van der Waals surface area contributed by atoms with Crippen molar-refractivity contribution in [1.29, 1.82) is 0 Å². The molecule has 1 aromatic rings. The number of allylic oxidation sites excluding steroid dienone is 3. The molecule has 1 aliphatic carbocycles. The molecular weight excluding hydrogens is 563 g/mol. The molecule has 2 saturated heterocycles. The summed E-state index contributed by atoms with van der Waals surface area (Å²) in [6.07, 6.45) is 3.39. The number of halogens is 1. The third kappa shape index (κ3) is 7.19. The molecular formula is C26H31FN4O7S2. The number of nitrogens with two attached hydrogens (primary N) is 1. The third-order valence-electron chi connectivity index (χ3n) is 6.72. The Balaban J connectivity index is 1.36. The lowest BCUT2D eigenvalue weighted by atomic mass is 9.93. The third-order valence-corrected chi connectivity index (χ3v) is 9.76. The summed E-state index contributed by atoms with van der Waals surface area (Å²) < 4.78 is 51.2. The van der Waals surface area contributed by atoms with Gasteiger partial charge in [-0.1, -0.05) is 17.8 Å². The summed E-state index contributed by atoms with van der Waals surface area (Å²) in [7, 11) is -2.05. The molecule has 0 saturated carbocycles. The van der Waals surface area contributed by atoms with Crippen LogP contribution in [0.15, 0.2) is 58.2 Å². The maximum Gasteiger partial charge on any atom is 0.414 e. The van der Waals surface area contributed by atoms with Crippen molar-refractivity contribution in [1.82, 2.24) is 14.1 Å². The van der Waals surface area contributed by atoms with E-state index in [9.17, 15) is 27.2 Å². The van der Waals surface area contributed by atoms with Crippen LogP contribution in [0.5, 0.6) is 0 Å². The Morgan fingerprint density at radius 3 is 2.62 bits per heavy atom. The smallest absolute Gasteiger partial charge is 0.414 e. The number of thioether (sulfide) groups is 1. The van der Waals surface area contributed by atoms with Gasteiger partial charge in [0.2, 0.25) is 15.6 Å². The molecule has 0 bridgehead atoms. The highest BCUT2D eigenvalue weighted by Gasteiger charge is 2.39. The van der Waals surface area contributed by atoms with Gasteiger partial charge in [-0.05, 0) is 62.3 Å². The van der Waals surface area contributed by atoms with Gasteiger partial charge in [-0.25, -0.2) is 22.4 Å². The molecule has 0 spiro atoms. The second-order valence-corrected chi connectivity index (χ2v) is 12.6. The van der Waals surface area contributed by atoms with Crippen LogP contribution in [0.4, 0.5) is 9.18 Å². The monoisotopic (exact) mass is 594 g/mol. The van der Waals surface area contributed by atoms with Gasteiger partial charge in [-0.3, -0.25) is 4.79 Å². The summed E-state index contributed by atoms with van der Waals surface area (Å²) in [4.78, 5) is 40.7. The number of rotatable bonds is 7. The van der Waals surface area contributed by atoms with Crippen molar-refractivity contribution in [2.24, 2.45) is 5.73 Å². The number of hydrogen-bond acceptors (Lipinski definition) is 10. The summed E-state index contributed by atoms with van der Waals surface area (Å²) in [6.45, 7) is 2.84. The zero-order valence-electron chi connectivity index (χ0n) is 22.0. The lowest BCUT2D eigenvalue weighted by Gasteiger charge is -2.25. The van der Waals surface area contributed by atoms with Crippen LogP contribution < -0.4 is 5.73 Å². The van der Waals surface area contributed by atoms with E-state index in [0.717, 1.165) is 59.8 Å². The van der Waals surface area contributed by atoms with Crippen molar-refractivity contribution in [3.8, 4) is 0 Å². The largest absolute Gasteiger partial charge is 0.435 e. The molecule has 1 amide bonds. The summed E-state index contributed by atoms with van der Waals surface area (Å²) in [5, 5.41) is 0. The standard InChI is InChI=1S/C26H31FN4O7S2/c1-29-9-2-10-30(12-11-29)25(34)37-21-6-3-18(19(15-21)17-32)16-23(28)24(33)38-26-31(13-14-39-26)40(35,36)22-7-4-20(27)5-8-22/h3-8,23,26H,2,9-16,28H2,1H3/t23-,26?/m0/s1. The predicted molar refractivity (Wildman–Crippen MR) is 145 cm³/mol. The minimum absolute atomic E-state index is 0.0127. The van der Waals surface area contributed by atoms with Gasteiger partial charge in [0.05, 0.1) is 4.90 Å². The van der Waals surface area contributed by atoms with E-state index in [1.54, 1.807) is 17.1 Å². The number of ether oxygens (including phenoxy) is 2. The fourth-order valence-electron chi connectivity index (χ4n) is 4.42. The number of carbonyl (C=O) groups excluding carboxylic acids is 3. The topological polar surface area (TPSA) is 140 Å². The second kappa shape index (κ2) is 13.1. The molecule has 14 heteroatoms. The quantitative estimate of drug-likeness (QED) is 0.368. The number of nitrogens with zero attached hydrogens (tertiary/aromatic N) is 3. The van der Waals surface area contributed by atoms with Gasteiger partial charge in [0.25, 0.3) is 0 Å². The Morgan fingerprint density at radius 1 is 1.15 bits per heavy atom. The Bertz CT molecular complexity index is 1340. The summed E-state index contributed by atoms with van der Waals surface area (Å²) in [5.41, 5.74) is 5.56. The average Bonchev–Trinajstić information content (AvgIpc) is 3.29. The molecule has 0 aromatic heterocycles. The van der Waals surface area contributed by atoms with Gasteiger partial charge in [-0.2, -0.15) is 0 Å². The van der Waals surface area contributed by atoms with Crippen LogP contribution in [0.2, 0.25) is 0 Å². The molecule has 4 rings (SSSR count). The van der Waals surface area contributed by atoms with Crippen molar-refractivity contribution in [3.63, 3.8) is 0 Å². The van der Waals surface area contributed by atoms with Crippen molar-refractivity contribution in [2.75, 3.05) is 45.5 Å². The molecule has 2 aliphatic heterocycles. The molecule has 11 nitrogen and oxygen atoms in total. The van der Waals surface area contributed by atoms with E-state index in [-0.39, 0.29) is 35.6 Å². The van der Waals surface area contributed by atoms with Gasteiger partial charge in [0.15, 0.2) is 0 Å². The molecule has 216 valence electrons. The van der Waals surface area contributed by atoms with Crippen LogP contribution in [0.1, 0.15) is 19.3 Å². The zero-order valence-corrected chi connectivity index (χ0v) is 23.6. The van der Waals surface area contributed by atoms with E-state index < -0.39 is 39.5 Å². The Labute approximate surface area is 236 Å². The van der Waals surface area contributed by atoms with E-state index in [0.29, 0.717) is 24.4 Å². The summed E-state index contributed by atoms with van der Waals surface area (Å²) in [5.74, 6) is 1.08. The number of sulfonamides is 1. The van der Waals surface area contributed by atoms with Crippen molar-refractivity contribution < 1.29 is 36.7 Å². The maximum absolute atomic E-state index is 13.3. The minimum atomic E-state index is -4.04. The lowest BCUT2D eigenvalue weighted by molar-refractivity contribution is -0.149. The average molecular weight is 595 g/mol. The van der Waals surface area contributed by atoms with Crippen molar-refractivity contribution in [2.45, 2.75) is 35.8 Å². The maximum atomic E-state index is 13.3. The second-order valence-electron chi connectivity index (χ2n) is 9.59. The SMILES string of the molecule is CN1CCCN(C(=O)OC2=CC=C(C[C@H](N)C(=O)OC3SCCN3S(=O)(=O)c3ccc(F)cc3)C(=C=O)C2)CC1. The van der Waals surface area contributed by atoms with Gasteiger partial charge in [-0.15, -0.1) is 4.31 Å². The van der Waals surface area contributed by atoms with Crippen LogP contribution in [-0.2, 0) is 29.1 Å². The van der Waals surface area contributed by atoms with Gasteiger partial charge in [0, 0.05) is 43.9 Å². The van der Waals surface area contributed by atoms with E-state index in [1.165, 1.54) is 0 Å². The lowest BCUT2D eigenvalue weighted by Crippen LogP contribution is -2.41. The van der Waals surface area contributed by atoms with Gasteiger partial charge in [0.1, 0.15) is 23.6 Å². The molecule has 2 N–H and O–H groups in total. The highest BCUT2D eigenvalue weighted by Crippen LogP contribution is 2.32. The predicted octanol–water partition coefficient (Wildman–Crippen LogP) is 1.85. The number of carbonyl (C=O) groups is 2. The Kier molecular flexibility index (Phi) is 9.82. The van der Waals surface area contributed by atoms with Gasteiger partial charge >= 0.3 is 12.1 Å². The number of esters is 1. The highest BCUT2D eigenvalue weighted by atomic mass is 32.2. The molecule has 2 atom stereocenters. The first-order valence-corrected chi connectivity index (χ1v) is 15.2. The molecule has 40 heavy (non-hydrogen) atoms. The number of likely N-dealkylation sites (N-methyl/N-ethyl adjacent to an activating group) is 1. The number of amides is 1. The molecule has 2 heterocycles. The fraction of sp³-hybridized carbons (Fsp3) is 0.462. The van der Waals surface area contributed by atoms with Crippen LogP contribution in [0.3, 0.4) is 0 Å². The van der Waals surface area contributed by atoms with Crippen LogP contribution in [0, 0.1) is 5.82 Å². The number of hydrogen-bond donors (Lipinski definition) is 1. The van der Waals surface area contributed by atoms with E-state index >= 15 is 0 Å². The van der Waals surface area contributed by atoms with Crippen LogP contribution in [-0.4, -0.2) is 97.7 Å². The normalized spacial score (nSPS) is 21.6. The Morgan fingerprint density at radius 2 is 1.90 bits per heavy atom. The molecule has 3 aliphatic rings. The first kappa shape index (κ1) is 30.0. The molecule has 1 unspecified atom stereocenters. The first-order chi connectivity index (χ1) is 19.1. The van der Waals surface area contributed by atoms with Gasteiger partial charge < -0.3 is 25.0 Å². The van der Waals surface area contributed by atoms with E-state index in [1.807, 2.05) is 13.0 Å². The van der Waals surface area contributed by atoms with E-state index in [2.05, 4.69) is 4.90 Å². The van der Waals surface area contributed by atoms with E-state index in [4.69, 9.17) is 15.2 Å². The Hall–Kier alpha value is -3.00. The minimum Gasteiger partial charge on any atom is -0.435 e. The number of benzene rings is 1. The first-order valence-electron chi connectivity index (χ1n) is 12.7. The highest BCUT2D eigenvalue weighted by molar-refractivity contribution is 8.01. The zero-order chi connectivity index (χ0) is 28.9.